The molecular formula is C19H13F4N3O2. The van der Waals surface area contributed by atoms with E-state index in [1.54, 1.807) is 6.07 Å². The Hall–Kier alpha value is -3.12. The van der Waals surface area contributed by atoms with Crippen molar-refractivity contribution in [2.75, 3.05) is 6.61 Å². The zero-order valence-electron chi connectivity index (χ0n) is 14.4. The summed E-state index contributed by atoms with van der Waals surface area (Å²) in [5, 5.41) is 12.5. The SMILES string of the molecule is N#Cc1cc(Oc2c(F)c(F)c3c(cnn3C3CCCCO3)c2F)ccc1F. The Balaban J connectivity index is 1.79. The lowest BCUT2D eigenvalue weighted by Gasteiger charge is -2.23. The third kappa shape index (κ3) is 2.96. The van der Waals surface area contributed by atoms with E-state index < -0.39 is 35.2 Å². The highest BCUT2D eigenvalue weighted by molar-refractivity contribution is 5.82. The minimum Gasteiger partial charge on any atom is -0.451 e. The first-order valence-corrected chi connectivity index (χ1v) is 8.54. The molecule has 2 aromatic carbocycles. The lowest BCUT2D eigenvalue weighted by Crippen LogP contribution is -2.19. The van der Waals surface area contributed by atoms with Gasteiger partial charge in [-0.15, -0.1) is 0 Å². The van der Waals surface area contributed by atoms with E-state index in [1.165, 1.54) is 0 Å². The van der Waals surface area contributed by atoms with Crippen molar-refractivity contribution in [2.45, 2.75) is 25.5 Å². The molecular weight excluding hydrogens is 378 g/mol. The van der Waals surface area contributed by atoms with Crippen LogP contribution in [0.3, 0.4) is 0 Å². The van der Waals surface area contributed by atoms with Crippen LogP contribution in [-0.4, -0.2) is 16.4 Å². The van der Waals surface area contributed by atoms with Crippen LogP contribution in [0.1, 0.15) is 31.1 Å². The summed E-state index contributed by atoms with van der Waals surface area (Å²) in [5.74, 6) is -6.06. The monoisotopic (exact) mass is 391 g/mol. The summed E-state index contributed by atoms with van der Waals surface area (Å²) in [5.41, 5.74) is -0.729. The fraction of sp³-hybridized carbons (Fsp3) is 0.263. The summed E-state index contributed by atoms with van der Waals surface area (Å²) in [4.78, 5) is 0. The lowest BCUT2D eigenvalue weighted by molar-refractivity contribution is -0.0369. The molecule has 0 amide bonds. The van der Waals surface area contributed by atoms with Crippen molar-refractivity contribution in [1.29, 1.82) is 5.26 Å². The van der Waals surface area contributed by atoms with Gasteiger partial charge in [-0.1, -0.05) is 0 Å². The van der Waals surface area contributed by atoms with Crippen LogP contribution in [-0.2, 0) is 4.74 Å². The number of benzene rings is 2. The van der Waals surface area contributed by atoms with E-state index in [0.717, 1.165) is 41.9 Å². The van der Waals surface area contributed by atoms with Gasteiger partial charge in [0.2, 0.25) is 11.6 Å². The molecule has 0 spiro atoms. The highest BCUT2D eigenvalue weighted by atomic mass is 19.2. The van der Waals surface area contributed by atoms with Crippen molar-refractivity contribution in [1.82, 2.24) is 9.78 Å². The second-order valence-corrected chi connectivity index (χ2v) is 6.30. The van der Waals surface area contributed by atoms with Gasteiger partial charge in [-0.05, 0) is 31.4 Å². The number of nitrogens with zero attached hydrogens (tertiary/aromatic N) is 3. The van der Waals surface area contributed by atoms with Crippen LogP contribution in [0.25, 0.3) is 10.9 Å². The molecule has 2 heterocycles. The Labute approximate surface area is 156 Å². The molecule has 0 aliphatic carbocycles. The highest BCUT2D eigenvalue weighted by Crippen LogP contribution is 2.37. The minimum atomic E-state index is -1.55. The fourth-order valence-electron chi connectivity index (χ4n) is 3.16. The molecule has 1 atom stereocenters. The number of hydrogen-bond acceptors (Lipinski definition) is 4. The summed E-state index contributed by atoms with van der Waals surface area (Å²) < 4.78 is 69.4. The topological polar surface area (TPSA) is 60.1 Å². The highest BCUT2D eigenvalue weighted by Gasteiger charge is 2.28. The predicted molar refractivity (Wildman–Crippen MR) is 89.6 cm³/mol. The number of halogens is 4. The van der Waals surface area contributed by atoms with Crippen molar-refractivity contribution in [2.24, 2.45) is 0 Å². The van der Waals surface area contributed by atoms with Gasteiger partial charge in [0, 0.05) is 12.7 Å². The summed E-state index contributed by atoms with van der Waals surface area (Å²) in [6.45, 7) is 0.450. The molecule has 0 saturated carbocycles. The lowest BCUT2D eigenvalue weighted by atomic mass is 10.1. The van der Waals surface area contributed by atoms with Gasteiger partial charge in [0.15, 0.2) is 17.9 Å². The van der Waals surface area contributed by atoms with Crippen LogP contribution in [0.2, 0.25) is 0 Å². The third-order valence-electron chi connectivity index (χ3n) is 4.54. The van der Waals surface area contributed by atoms with Crippen molar-refractivity contribution < 1.29 is 27.0 Å². The Morgan fingerprint density at radius 3 is 2.68 bits per heavy atom. The predicted octanol–water partition coefficient (Wildman–Crippen LogP) is 4.96. The minimum absolute atomic E-state index is 0.211. The van der Waals surface area contributed by atoms with Gasteiger partial charge in [0.1, 0.15) is 23.2 Å². The molecule has 0 N–H and O–H groups in total. The van der Waals surface area contributed by atoms with Crippen molar-refractivity contribution in [3.05, 3.63) is 53.2 Å². The standard InChI is InChI=1S/C19H13F4N3O2/c20-13-5-4-11(7-10(13)8-24)28-19-15(21)12-9-25-26(14-3-1-2-6-27-14)18(12)16(22)17(19)23/h4-5,7,9,14H,1-3,6H2. The van der Waals surface area contributed by atoms with Crippen LogP contribution >= 0.6 is 0 Å². The molecule has 1 unspecified atom stereocenters. The van der Waals surface area contributed by atoms with Crippen LogP contribution < -0.4 is 4.74 Å². The molecule has 3 aromatic rings. The molecule has 5 nitrogen and oxygen atoms in total. The van der Waals surface area contributed by atoms with Crippen LogP contribution in [0.5, 0.6) is 11.5 Å². The molecule has 1 aromatic heterocycles. The Kier molecular flexibility index (Phi) is 4.65. The number of ether oxygens (including phenoxy) is 2. The summed E-state index contributed by atoms with van der Waals surface area (Å²) in [6.07, 6.45) is 2.68. The third-order valence-corrected chi connectivity index (χ3v) is 4.54. The van der Waals surface area contributed by atoms with Gasteiger partial charge in [-0.25, -0.2) is 17.9 Å². The number of hydrogen-bond donors (Lipinski definition) is 0. The number of nitriles is 1. The van der Waals surface area contributed by atoms with E-state index in [2.05, 4.69) is 5.10 Å². The molecule has 9 heteroatoms. The van der Waals surface area contributed by atoms with E-state index in [-0.39, 0.29) is 22.2 Å². The van der Waals surface area contributed by atoms with E-state index in [9.17, 15) is 17.6 Å². The van der Waals surface area contributed by atoms with E-state index in [0.29, 0.717) is 13.0 Å². The van der Waals surface area contributed by atoms with E-state index in [4.69, 9.17) is 14.7 Å². The quantitative estimate of drug-likeness (QED) is 0.468. The van der Waals surface area contributed by atoms with E-state index >= 15 is 0 Å². The largest absolute Gasteiger partial charge is 0.451 e. The summed E-state index contributed by atoms with van der Waals surface area (Å²) in [7, 11) is 0. The maximum atomic E-state index is 14.9. The van der Waals surface area contributed by atoms with E-state index in [1.807, 2.05) is 0 Å². The van der Waals surface area contributed by atoms with Gasteiger partial charge in [0.05, 0.1) is 17.1 Å². The first-order chi connectivity index (χ1) is 13.5. The first-order valence-electron chi connectivity index (χ1n) is 8.54. The number of fused-ring (bicyclic) bond motifs is 1. The van der Waals surface area contributed by atoms with Crippen molar-refractivity contribution in [3.8, 4) is 17.6 Å². The average molecular weight is 391 g/mol. The number of rotatable bonds is 3. The zero-order chi connectivity index (χ0) is 19.8. The molecule has 1 aliphatic rings. The molecule has 1 saturated heterocycles. The molecule has 28 heavy (non-hydrogen) atoms. The van der Waals surface area contributed by atoms with Gasteiger partial charge < -0.3 is 9.47 Å². The zero-order valence-corrected chi connectivity index (χ0v) is 14.4. The van der Waals surface area contributed by atoms with Crippen LogP contribution in [0.15, 0.2) is 24.4 Å². The molecule has 1 aliphatic heterocycles. The maximum Gasteiger partial charge on any atom is 0.206 e. The maximum absolute atomic E-state index is 14.9. The molecule has 0 bridgehead atoms. The first kappa shape index (κ1) is 18.3. The second-order valence-electron chi connectivity index (χ2n) is 6.30. The Bertz CT molecular complexity index is 1100. The Morgan fingerprint density at radius 2 is 1.96 bits per heavy atom. The summed E-state index contributed by atoms with van der Waals surface area (Å²) >= 11 is 0. The second kappa shape index (κ2) is 7.13. The Morgan fingerprint density at radius 1 is 1.14 bits per heavy atom. The summed E-state index contributed by atoms with van der Waals surface area (Å²) in [6, 6.07) is 4.55. The smallest absolute Gasteiger partial charge is 0.206 e. The number of aromatic nitrogens is 2. The van der Waals surface area contributed by atoms with Crippen molar-refractivity contribution in [3.63, 3.8) is 0 Å². The molecule has 0 radical (unpaired) electrons. The molecule has 144 valence electrons. The van der Waals surface area contributed by atoms with Gasteiger partial charge >= 0.3 is 0 Å². The van der Waals surface area contributed by atoms with Crippen LogP contribution in [0.4, 0.5) is 17.6 Å². The van der Waals surface area contributed by atoms with Gasteiger partial charge in [-0.3, -0.25) is 0 Å². The van der Waals surface area contributed by atoms with Crippen LogP contribution in [0, 0.1) is 34.6 Å². The average Bonchev–Trinajstić information content (AvgIpc) is 3.17. The normalized spacial score (nSPS) is 16.9. The van der Waals surface area contributed by atoms with Gasteiger partial charge in [-0.2, -0.15) is 14.8 Å². The fourth-order valence-corrected chi connectivity index (χ4v) is 3.16. The molecule has 1 fully saturated rings. The van der Waals surface area contributed by atoms with Crippen molar-refractivity contribution >= 4 is 10.9 Å². The molecule has 4 rings (SSSR count). The van der Waals surface area contributed by atoms with Gasteiger partial charge in [0.25, 0.3) is 0 Å².